The molecule has 0 aliphatic carbocycles. The van der Waals surface area contributed by atoms with Gasteiger partial charge < -0.3 is 10.6 Å². The van der Waals surface area contributed by atoms with Crippen LogP contribution in [0.25, 0.3) is 10.9 Å². The third kappa shape index (κ3) is 2.85. The van der Waals surface area contributed by atoms with Gasteiger partial charge in [0, 0.05) is 11.6 Å². The van der Waals surface area contributed by atoms with Gasteiger partial charge in [-0.1, -0.05) is 11.3 Å². The van der Waals surface area contributed by atoms with Crippen molar-refractivity contribution in [2.75, 3.05) is 18.4 Å². The van der Waals surface area contributed by atoms with Crippen LogP contribution >= 0.6 is 0 Å². The molecule has 0 bridgehead atoms. The lowest BCUT2D eigenvalue weighted by molar-refractivity contribution is 0.102. The molecular formula is C17H18N6O. The second kappa shape index (κ2) is 6.37. The number of pyridine rings is 1. The minimum atomic E-state index is -0.258. The number of fused-ring (bicyclic) bond motifs is 1. The lowest BCUT2D eigenvalue weighted by Gasteiger charge is -2.22. The van der Waals surface area contributed by atoms with E-state index in [1.54, 1.807) is 17.1 Å². The van der Waals surface area contributed by atoms with Crippen molar-refractivity contribution < 1.29 is 4.79 Å². The maximum atomic E-state index is 12.5. The molecule has 1 aliphatic rings. The smallest absolute Gasteiger partial charge is 0.277 e. The quantitative estimate of drug-likeness (QED) is 0.770. The topological polar surface area (TPSA) is 84.7 Å². The van der Waals surface area contributed by atoms with Crippen LogP contribution in [0.5, 0.6) is 0 Å². The maximum absolute atomic E-state index is 12.5. The van der Waals surface area contributed by atoms with Crippen molar-refractivity contribution in [2.45, 2.75) is 18.9 Å². The molecule has 2 aromatic heterocycles. The predicted octanol–water partition coefficient (Wildman–Crippen LogP) is 2.00. The minimum Gasteiger partial charge on any atom is -0.320 e. The molecule has 3 aromatic rings. The van der Waals surface area contributed by atoms with Gasteiger partial charge in [-0.2, -0.15) is 0 Å². The lowest BCUT2D eigenvalue weighted by Crippen LogP contribution is -2.29. The zero-order valence-electron chi connectivity index (χ0n) is 13.1. The molecule has 1 amide bonds. The van der Waals surface area contributed by atoms with Crippen LogP contribution in [0.3, 0.4) is 0 Å². The van der Waals surface area contributed by atoms with E-state index in [2.05, 4.69) is 25.9 Å². The number of nitrogens with zero attached hydrogens (tertiary/aromatic N) is 4. The molecule has 0 saturated carbocycles. The molecular weight excluding hydrogens is 304 g/mol. The molecule has 24 heavy (non-hydrogen) atoms. The van der Waals surface area contributed by atoms with Gasteiger partial charge >= 0.3 is 0 Å². The fourth-order valence-electron chi connectivity index (χ4n) is 3.03. The second-order valence-electron chi connectivity index (χ2n) is 5.89. The molecule has 0 radical (unpaired) electrons. The van der Waals surface area contributed by atoms with Gasteiger partial charge in [-0.25, -0.2) is 4.68 Å². The Balaban J connectivity index is 1.54. The first-order chi connectivity index (χ1) is 11.8. The van der Waals surface area contributed by atoms with Crippen LogP contribution < -0.4 is 10.6 Å². The highest BCUT2D eigenvalue weighted by Gasteiger charge is 2.19. The number of hydrogen-bond acceptors (Lipinski definition) is 5. The second-order valence-corrected chi connectivity index (χ2v) is 5.89. The lowest BCUT2D eigenvalue weighted by atomic mass is 10.1. The Morgan fingerprint density at radius 3 is 2.96 bits per heavy atom. The summed E-state index contributed by atoms with van der Waals surface area (Å²) in [5.74, 6) is -0.258. The van der Waals surface area contributed by atoms with E-state index in [-0.39, 0.29) is 5.91 Å². The molecule has 7 nitrogen and oxygen atoms in total. The van der Waals surface area contributed by atoms with Crippen LogP contribution in [-0.2, 0) is 0 Å². The Morgan fingerprint density at radius 1 is 1.21 bits per heavy atom. The zero-order valence-corrected chi connectivity index (χ0v) is 13.1. The van der Waals surface area contributed by atoms with Crippen LogP contribution in [-0.4, -0.2) is 39.0 Å². The van der Waals surface area contributed by atoms with E-state index in [0.717, 1.165) is 42.5 Å². The van der Waals surface area contributed by atoms with E-state index in [9.17, 15) is 4.79 Å². The Morgan fingerprint density at radius 2 is 2.08 bits per heavy atom. The van der Waals surface area contributed by atoms with Crippen molar-refractivity contribution in [3.05, 3.63) is 48.4 Å². The van der Waals surface area contributed by atoms with E-state index in [0.29, 0.717) is 11.7 Å². The number of nitrogens with one attached hydrogen (secondary N) is 2. The average molecular weight is 322 g/mol. The molecule has 7 heteroatoms. The van der Waals surface area contributed by atoms with Crippen molar-refractivity contribution in [3.8, 4) is 0 Å². The van der Waals surface area contributed by atoms with Gasteiger partial charge in [-0.3, -0.25) is 9.78 Å². The summed E-state index contributed by atoms with van der Waals surface area (Å²) < 4.78 is 1.81. The highest BCUT2D eigenvalue weighted by Crippen LogP contribution is 2.22. The van der Waals surface area contributed by atoms with Crippen LogP contribution in [0.2, 0.25) is 0 Å². The Hall–Kier alpha value is -2.80. The normalized spacial score (nSPS) is 15.5. The van der Waals surface area contributed by atoms with E-state index in [1.807, 2.05) is 30.3 Å². The van der Waals surface area contributed by atoms with Crippen molar-refractivity contribution in [1.29, 1.82) is 0 Å². The number of piperidine rings is 1. The summed E-state index contributed by atoms with van der Waals surface area (Å²) in [4.78, 5) is 16.8. The molecule has 0 spiro atoms. The minimum absolute atomic E-state index is 0.258. The SMILES string of the molecule is O=C(Nc1cccc2ncccc12)c1cn(C2CCNCC2)nn1. The molecule has 1 fully saturated rings. The molecule has 122 valence electrons. The number of amides is 1. The zero-order chi connectivity index (χ0) is 16.4. The molecule has 1 aromatic carbocycles. The van der Waals surface area contributed by atoms with Crippen LogP contribution in [0.15, 0.2) is 42.7 Å². The summed E-state index contributed by atoms with van der Waals surface area (Å²) in [5, 5.41) is 15.3. The number of benzene rings is 1. The number of anilines is 1. The predicted molar refractivity (Wildman–Crippen MR) is 90.9 cm³/mol. The number of hydrogen-bond donors (Lipinski definition) is 2. The number of rotatable bonds is 3. The van der Waals surface area contributed by atoms with E-state index < -0.39 is 0 Å². The molecule has 1 saturated heterocycles. The van der Waals surface area contributed by atoms with E-state index >= 15 is 0 Å². The molecule has 0 atom stereocenters. The van der Waals surface area contributed by atoms with Gasteiger partial charge in [0.15, 0.2) is 5.69 Å². The first kappa shape index (κ1) is 14.8. The van der Waals surface area contributed by atoms with Crippen molar-refractivity contribution in [3.63, 3.8) is 0 Å². The van der Waals surface area contributed by atoms with Gasteiger partial charge in [0.2, 0.25) is 0 Å². The molecule has 1 aliphatic heterocycles. The highest BCUT2D eigenvalue weighted by molar-refractivity contribution is 6.07. The molecule has 4 rings (SSSR count). The number of carbonyl (C=O) groups excluding carboxylic acids is 1. The molecule has 3 heterocycles. The third-order valence-corrected chi connectivity index (χ3v) is 4.32. The Kier molecular flexibility index (Phi) is 3.92. The van der Waals surface area contributed by atoms with Crippen LogP contribution in [0.1, 0.15) is 29.4 Å². The summed E-state index contributed by atoms with van der Waals surface area (Å²) in [7, 11) is 0. The van der Waals surface area contributed by atoms with Gasteiger partial charge in [0.05, 0.1) is 23.4 Å². The Bertz CT molecular complexity index is 863. The van der Waals surface area contributed by atoms with E-state index in [1.165, 1.54) is 0 Å². The first-order valence-electron chi connectivity index (χ1n) is 8.09. The van der Waals surface area contributed by atoms with Crippen molar-refractivity contribution in [1.82, 2.24) is 25.3 Å². The van der Waals surface area contributed by atoms with E-state index in [4.69, 9.17) is 0 Å². The summed E-state index contributed by atoms with van der Waals surface area (Å²) >= 11 is 0. The third-order valence-electron chi connectivity index (χ3n) is 4.32. The summed E-state index contributed by atoms with van der Waals surface area (Å²) in [6, 6.07) is 9.74. The first-order valence-corrected chi connectivity index (χ1v) is 8.09. The van der Waals surface area contributed by atoms with Gasteiger partial charge in [0.25, 0.3) is 5.91 Å². The summed E-state index contributed by atoms with van der Waals surface area (Å²) in [6.07, 6.45) is 5.46. The van der Waals surface area contributed by atoms with Crippen LogP contribution in [0.4, 0.5) is 5.69 Å². The summed E-state index contributed by atoms with van der Waals surface area (Å²) in [6.45, 7) is 1.93. The summed E-state index contributed by atoms with van der Waals surface area (Å²) in [5.41, 5.74) is 1.89. The fourth-order valence-corrected chi connectivity index (χ4v) is 3.03. The van der Waals surface area contributed by atoms with Gasteiger partial charge in [0.1, 0.15) is 0 Å². The average Bonchev–Trinajstić information content (AvgIpc) is 3.13. The van der Waals surface area contributed by atoms with Crippen molar-refractivity contribution in [2.24, 2.45) is 0 Å². The van der Waals surface area contributed by atoms with Gasteiger partial charge in [-0.15, -0.1) is 5.10 Å². The van der Waals surface area contributed by atoms with Crippen molar-refractivity contribution >= 4 is 22.5 Å². The largest absolute Gasteiger partial charge is 0.320 e. The van der Waals surface area contributed by atoms with Gasteiger partial charge in [-0.05, 0) is 50.2 Å². The molecule has 0 unspecified atom stereocenters. The number of carbonyl (C=O) groups is 1. The highest BCUT2D eigenvalue weighted by atomic mass is 16.2. The standard InChI is InChI=1S/C17H18N6O/c24-17(16-11-23(22-21-16)12-6-9-18-10-7-12)20-15-5-1-4-14-13(15)3-2-8-19-14/h1-5,8,11-12,18H,6-7,9-10H2,(H,20,24). The van der Waals surface area contributed by atoms with Crippen LogP contribution in [0, 0.1) is 0 Å². The monoisotopic (exact) mass is 322 g/mol. The molecule has 2 N–H and O–H groups in total. The number of aromatic nitrogens is 4. The fraction of sp³-hybridized carbons (Fsp3) is 0.294. The maximum Gasteiger partial charge on any atom is 0.277 e. The Labute approximate surface area is 139 Å².